The Kier molecular flexibility index (Phi) is 4.90. The first kappa shape index (κ1) is 11.5. The Balaban J connectivity index is 2.19. The smallest absolute Gasteiger partial charge is 0.223 e. The molecule has 14 heavy (non-hydrogen) atoms. The lowest BCUT2D eigenvalue weighted by atomic mass is 9.99. The lowest BCUT2D eigenvalue weighted by Gasteiger charge is -2.21. The predicted octanol–water partition coefficient (Wildman–Crippen LogP) is 0.300. The van der Waals surface area contributed by atoms with E-state index in [9.17, 15) is 9.90 Å². The average molecular weight is 201 g/mol. The van der Waals surface area contributed by atoms with Gasteiger partial charge in [0.15, 0.2) is 0 Å². The lowest BCUT2D eigenvalue weighted by Crippen LogP contribution is -2.38. The fraction of sp³-hybridized carbons (Fsp3) is 0.900. The zero-order chi connectivity index (χ0) is 10.4. The second kappa shape index (κ2) is 5.98. The van der Waals surface area contributed by atoms with E-state index in [4.69, 9.17) is 4.74 Å². The highest BCUT2D eigenvalue weighted by Crippen LogP contribution is 2.14. The van der Waals surface area contributed by atoms with Crippen LogP contribution in [0.1, 0.15) is 26.2 Å². The maximum absolute atomic E-state index is 11.5. The molecule has 1 amide bonds. The molecule has 82 valence electrons. The van der Waals surface area contributed by atoms with Gasteiger partial charge in [0.05, 0.1) is 6.10 Å². The van der Waals surface area contributed by atoms with E-state index in [1.807, 2.05) is 6.92 Å². The normalized spacial score (nSPS) is 20.4. The number of rotatable bonds is 4. The highest BCUT2D eigenvalue weighted by Gasteiger charge is 2.21. The van der Waals surface area contributed by atoms with E-state index in [1.165, 1.54) is 0 Å². The van der Waals surface area contributed by atoms with Crippen molar-refractivity contribution in [2.45, 2.75) is 32.3 Å². The summed E-state index contributed by atoms with van der Waals surface area (Å²) in [6.45, 7) is 3.61. The summed E-state index contributed by atoms with van der Waals surface area (Å²) in [6, 6.07) is 0. The molecular weight excluding hydrogens is 182 g/mol. The van der Waals surface area contributed by atoms with Crippen molar-refractivity contribution in [3.8, 4) is 0 Å². The van der Waals surface area contributed by atoms with Gasteiger partial charge < -0.3 is 15.2 Å². The molecule has 1 heterocycles. The molecule has 0 saturated carbocycles. The Bertz CT molecular complexity index is 178. The number of amides is 1. The van der Waals surface area contributed by atoms with Crippen molar-refractivity contribution < 1.29 is 14.6 Å². The number of hydrogen-bond acceptors (Lipinski definition) is 3. The van der Waals surface area contributed by atoms with Gasteiger partial charge in [-0.15, -0.1) is 0 Å². The number of ether oxygens (including phenoxy) is 1. The van der Waals surface area contributed by atoms with Crippen molar-refractivity contribution >= 4 is 5.91 Å². The minimum absolute atomic E-state index is 0.0563. The molecule has 0 aromatic heterocycles. The van der Waals surface area contributed by atoms with Crippen LogP contribution >= 0.6 is 0 Å². The topological polar surface area (TPSA) is 58.6 Å². The number of hydrogen-bond donors (Lipinski definition) is 2. The molecule has 0 radical (unpaired) electrons. The molecule has 4 heteroatoms. The van der Waals surface area contributed by atoms with E-state index in [1.54, 1.807) is 0 Å². The van der Waals surface area contributed by atoms with Crippen LogP contribution < -0.4 is 5.32 Å². The third-order valence-corrected chi connectivity index (χ3v) is 2.58. The predicted molar refractivity (Wildman–Crippen MR) is 52.9 cm³/mol. The van der Waals surface area contributed by atoms with Gasteiger partial charge in [0, 0.05) is 25.7 Å². The minimum Gasteiger partial charge on any atom is -0.391 e. The van der Waals surface area contributed by atoms with Gasteiger partial charge in [0.1, 0.15) is 0 Å². The van der Waals surface area contributed by atoms with Crippen molar-refractivity contribution in [2.75, 3.05) is 19.8 Å². The summed E-state index contributed by atoms with van der Waals surface area (Å²) < 4.78 is 5.17. The third-order valence-electron chi connectivity index (χ3n) is 2.58. The van der Waals surface area contributed by atoms with Gasteiger partial charge in [0.25, 0.3) is 0 Å². The largest absolute Gasteiger partial charge is 0.391 e. The van der Waals surface area contributed by atoms with Crippen LogP contribution in [0.15, 0.2) is 0 Å². The molecule has 0 aromatic carbocycles. The van der Waals surface area contributed by atoms with Gasteiger partial charge in [-0.3, -0.25) is 4.79 Å². The molecule has 1 atom stereocenters. The first-order chi connectivity index (χ1) is 6.74. The van der Waals surface area contributed by atoms with Crippen molar-refractivity contribution in [3.63, 3.8) is 0 Å². The van der Waals surface area contributed by atoms with Crippen molar-refractivity contribution in [3.05, 3.63) is 0 Å². The van der Waals surface area contributed by atoms with E-state index < -0.39 is 6.10 Å². The summed E-state index contributed by atoms with van der Waals surface area (Å²) in [5, 5.41) is 12.0. The third kappa shape index (κ3) is 3.64. The number of aliphatic hydroxyl groups excluding tert-OH is 1. The maximum Gasteiger partial charge on any atom is 0.223 e. The van der Waals surface area contributed by atoms with Gasteiger partial charge in [0.2, 0.25) is 5.91 Å². The number of aliphatic hydroxyl groups is 1. The van der Waals surface area contributed by atoms with E-state index in [2.05, 4.69) is 5.32 Å². The molecular formula is C10H19NO3. The second-order valence-corrected chi connectivity index (χ2v) is 3.69. The van der Waals surface area contributed by atoms with Gasteiger partial charge >= 0.3 is 0 Å². The van der Waals surface area contributed by atoms with Crippen LogP contribution in [0.3, 0.4) is 0 Å². The fourth-order valence-corrected chi connectivity index (χ4v) is 1.47. The fourth-order valence-electron chi connectivity index (χ4n) is 1.47. The van der Waals surface area contributed by atoms with Crippen LogP contribution in [0.25, 0.3) is 0 Å². The van der Waals surface area contributed by atoms with Gasteiger partial charge in [-0.25, -0.2) is 0 Å². The zero-order valence-electron chi connectivity index (χ0n) is 8.66. The van der Waals surface area contributed by atoms with Gasteiger partial charge in [-0.05, 0) is 19.3 Å². The Morgan fingerprint density at radius 1 is 1.57 bits per heavy atom. The van der Waals surface area contributed by atoms with Crippen molar-refractivity contribution in [1.82, 2.24) is 5.32 Å². The number of carbonyl (C=O) groups is 1. The molecule has 0 spiro atoms. The van der Waals surface area contributed by atoms with Crippen LogP contribution in [-0.4, -0.2) is 36.9 Å². The molecule has 0 aromatic rings. The molecule has 1 unspecified atom stereocenters. The van der Waals surface area contributed by atoms with E-state index >= 15 is 0 Å². The lowest BCUT2D eigenvalue weighted by molar-refractivity contribution is -0.128. The maximum atomic E-state index is 11.5. The molecule has 0 bridgehead atoms. The summed E-state index contributed by atoms with van der Waals surface area (Å²) in [7, 11) is 0. The van der Waals surface area contributed by atoms with Crippen LogP contribution in [0, 0.1) is 5.92 Å². The molecule has 0 aliphatic carbocycles. The summed E-state index contributed by atoms with van der Waals surface area (Å²) in [5.74, 6) is 0.133. The molecule has 1 aliphatic heterocycles. The van der Waals surface area contributed by atoms with Gasteiger partial charge in [-0.2, -0.15) is 0 Å². The SMILES string of the molecule is CCC(O)CNC(=O)C1CCOCC1. The summed E-state index contributed by atoms with van der Waals surface area (Å²) >= 11 is 0. The molecule has 1 saturated heterocycles. The Hall–Kier alpha value is -0.610. The van der Waals surface area contributed by atoms with E-state index in [-0.39, 0.29) is 11.8 Å². The molecule has 1 rings (SSSR count). The van der Waals surface area contributed by atoms with Crippen LogP contribution in [0.4, 0.5) is 0 Å². The molecule has 1 fully saturated rings. The summed E-state index contributed by atoms with van der Waals surface area (Å²) in [5.41, 5.74) is 0. The standard InChI is InChI=1S/C10H19NO3/c1-2-9(12)7-11-10(13)8-3-5-14-6-4-8/h8-9,12H,2-7H2,1H3,(H,11,13). The number of carbonyl (C=O) groups excluding carboxylic acids is 1. The monoisotopic (exact) mass is 201 g/mol. The molecule has 1 aliphatic rings. The Morgan fingerprint density at radius 3 is 2.79 bits per heavy atom. The first-order valence-corrected chi connectivity index (χ1v) is 5.27. The molecule has 4 nitrogen and oxygen atoms in total. The molecule has 2 N–H and O–H groups in total. The van der Waals surface area contributed by atoms with Gasteiger partial charge in [-0.1, -0.05) is 6.92 Å². The van der Waals surface area contributed by atoms with Crippen LogP contribution in [-0.2, 0) is 9.53 Å². The highest BCUT2D eigenvalue weighted by atomic mass is 16.5. The van der Waals surface area contributed by atoms with E-state index in [0.29, 0.717) is 26.2 Å². The van der Waals surface area contributed by atoms with Crippen molar-refractivity contribution in [1.29, 1.82) is 0 Å². The Labute approximate surface area is 84.6 Å². The number of nitrogens with one attached hydrogen (secondary N) is 1. The average Bonchev–Trinajstić information content (AvgIpc) is 2.26. The summed E-state index contributed by atoms with van der Waals surface area (Å²) in [4.78, 5) is 11.5. The van der Waals surface area contributed by atoms with E-state index in [0.717, 1.165) is 12.8 Å². The highest BCUT2D eigenvalue weighted by molar-refractivity contribution is 5.78. The summed E-state index contributed by atoms with van der Waals surface area (Å²) in [6.07, 6.45) is 1.86. The Morgan fingerprint density at radius 2 is 2.21 bits per heavy atom. The van der Waals surface area contributed by atoms with Crippen molar-refractivity contribution in [2.24, 2.45) is 5.92 Å². The first-order valence-electron chi connectivity index (χ1n) is 5.27. The quantitative estimate of drug-likeness (QED) is 0.687. The van der Waals surface area contributed by atoms with Crippen LogP contribution in [0.5, 0.6) is 0 Å². The minimum atomic E-state index is -0.418. The van der Waals surface area contributed by atoms with Crippen LogP contribution in [0.2, 0.25) is 0 Å². The zero-order valence-corrected chi connectivity index (χ0v) is 8.66. The second-order valence-electron chi connectivity index (χ2n) is 3.69.